The first-order valence-corrected chi connectivity index (χ1v) is 11.6. The minimum absolute atomic E-state index is 0.0492. The average molecular weight is 464 g/mol. The van der Waals surface area contributed by atoms with Crippen LogP contribution in [0, 0.1) is 5.92 Å². The van der Waals surface area contributed by atoms with E-state index in [2.05, 4.69) is 21.0 Å². The maximum absolute atomic E-state index is 11.2. The van der Waals surface area contributed by atoms with Crippen molar-refractivity contribution in [1.29, 1.82) is 0 Å². The molecule has 1 aromatic heterocycles. The van der Waals surface area contributed by atoms with Crippen molar-refractivity contribution in [3.05, 3.63) is 27.3 Å². The summed E-state index contributed by atoms with van der Waals surface area (Å²) in [6, 6.07) is 1.94. The number of halogens is 2. The van der Waals surface area contributed by atoms with Gasteiger partial charge in [0.2, 0.25) is 0 Å². The maximum Gasteiger partial charge on any atom is 0.264 e. The summed E-state index contributed by atoms with van der Waals surface area (Å²) in [6.45, 7) is 0.947. The third kappa shape index (κ3) is 3.67. The van der Waals surface area contributed by atoms with Gasteiger partial charge in [0.15, 0.2) is 6.23 Å². The van der Waals surface area contributed by atoms with Crippen molar-refractivity contribution in [3.63, 3.8) is 0 Å². The Bertz CT molecular complexity index is 940. The second kappa shape index (κ2) is 7.05. The highest BCUT2D eigenvalue weighted by atomic mass is 79.9. The summed E-state index contributed by atoms with van der Waals surface area (Å²) in [6.07, 6.45) is 6.88. The minimum atomic E-state index is -3.42. The second-order valence-electron chi connectivity index (χ2n) is 7.02. The third-order valence-corrected chi connectivity index (χ3v) is 6.78. The predicted octanol–water partition coefficient (Wildman–Crippen LogP) is 4.23. The van der Waals surface area contributed by atoms with Crippen LogP contribution in [0.1, 0.15) is 43.4 Å². The molecule has 1 aromatic carbocycles. The van der Waals surface area contributed by atoms with Gasteiger partial charge in [-0.2, -0.15) is 13.5 Å². The molecule has 1 saturated carbocycles. The van der Waals surface area contributed by atoms with Crippen LogP contribution in [0.5, 0.6) is 0 Å². The van der Waals surface area contributed by atoms with E-state index in [1.807, 2.05) is 16.9 Å². The van der Waals surface area contributed by atoms with Crippen LogP contribution in [-0.4, -0.2) is 37.7 Å². The summed E-state index contributed by atoms with van der Waals surface area (Å²) >= 11 is 10.3. The predicted molar refractivity (Wildman–Crippen MR) is 103 cm³/mol. The summed E-state index contributed by atoms with van der Waals surface area (Å²) in [7, 11) is -3.42. The molecule has 2 fully saturated rings. The molecule has 0 bridgehead atoms. The Hall–Kier alpha value is -0.670. The van der Waals surface area contributed by atoms with E-state index in [0.29, 0.717) is 5.02 Å². The fraction of sp³-hybridized carbons (Fsp3) is 0.588. The number of benzene rings is 1. The van der Waals surface area contributed by atoms with Crippen LogP contribution in [-0.2, 0) is 19.0 Å². The number of hydrogen-bond donors (Lipinski definition) is 0. The Labute approximate surface area is 166 Å². The van der Waals surface area contributed by atoms with Gasteiger partial charge in [-0.3, -0.25) is 4.18 Å². The zero-order valence-electron chi connectivity index (χ0n) is 14.3. The van der Waals surface area contributed by atoms with Gasteiger partial charge < -0.3 is 4.74 Å². The maximum atomic E-state index is 11.2. The van der Waals surface area contributed by atoms with Gasteiger partial charge in [-0.15, -0.1) is 0 Å². The topological polar surface area (TPSA) is 70.4 Å². The van der Waals surface area contributed by atoms with E-state index in [-0.39, 0.29) is 24.7 Å². The lowest BCUT2D eigenvalue weighted by atomic mass is 10.1. The van der Waals surface area contributed by atoms with Gasteiger partial charge in [0, 0.05) is 21.5 Å². The molecule has 142 valence electrons. The molecule has 4 rings (SSSR count). The van der Waals surface area contributed by atoms with Gasteiger partial charge >= 0.3 is 0 Å². The monoisotopic (exact) mass is 462 g/mol. The quantitative estimate of drug-likeness (QED) is 0.621. The number of hydrogen-bond acceptors (Lipinski definition) is 5. The molecule has 1 aliphatic carbocycles. The highest BCUT2D eigenvalue weighted by Crippen LogP contribution is 2.53. The second-order valence-corrected chi connectivity index (χ2v) is 9.86. The fourth-order valence-electron chi connectivity index (χ4n) is 3.61. The van der Waals surface area contributed by atoms with E-state index < -0.39 is 10.1 Å². The highest BCUT2D eigenvalue weighted by molar-refractivity contribution is 9.10. The average Bonchev–Trinajstić information content (AvgIpc) is 3.22. The molecule has 1 unspecified atom stereocenters. The largest absolute Gasteiger partial charge is 0.356 e. The van der Waals surface area contributed by atoms with Crippen LogP contribution in [0.25, 0.3) is 10.9 Å². The SMILES string of the molecule is CS(=O)(=O)OC[C@@H]1C[C@@H]1c1c(Cl)cc2c(cnn2C2CCCCO2)c1Br. The lowest BCUT2D eigenvalue weighted by molar-refractivity contribution is -0.0366. The Morgan fingerprint density at radius 1 is 1.46 bits per heavy atom. The van der Waals surface area contributed by atoms with Crippen LogP contribution in [0.4, 0.5) is 0 Å². The zero-order chi connectivity index (χ0) is 18.5. The lowest BCUT2D eigenvalue weighted by Gasteiger charge is -2.23. The van der Waals surface area contributed by atoms with E-state index in [1.165, 1.54) is 0 Å². The molecule has 1 saturated heterocycles. The van der Waals surface area contributed by atoms with E-state index in [0.717, 1.165) is 59.5 Å². The van der Waals surface area contributed by atoms with Crippen molar-refractivity contribution >= 4 is 48.6 Å². The van der Waals surface area contributed by atoms with Gasteiger partial charge in [0.1, 0.15) is 0 Å². The first-order valence-electron chi connectivity index (χ1n) is 8.66. The number of aromatic nitrogens is 2. The number of rotatable bonds is 5. The summed E-state index contributed by atoms with van der Waals surface area (Å²) in [4.78, 5) is 0. The van der Waals surface area contributed by atoms with Crippen molar-refractivity contribution < 1.29 is 17.3 Å². The highest BCUT2D eigenvalue weighted by Gasteiger charge is 2.42. The summed E-state index contributed by atoms with van der Waals surface area (Å²) < 4.78 is 36.0. The van der Waals surface area contributed by atoms with E-state index in [1.54, 1.807) is 0 Å². The summed E-state index contributed by atoms with van der Waals surface area (Å²) in [5.41, 5.74) is 1.95. The number of ether oxygens (including phenoxy) is 1. The van der Waals surface area contributed by atoms with Crippen LogP contribution in [0.2, 0.25) is 5.02 Å². The van der Waals surface area contributed by atoms with E-state index in [4.69, 9.17) is 20.5 Å². The zero-order valence-corrected chi connectivity index (χ0v) is 17.5. The smallest absolute Gasteiger partial charge is 0.264 e. The first kappa shape index (κ1) is 18.7. The van der Waals surface area contributed by atoms with Gasteiger partial charge in [-0.1, -0.05) is 11.6 Å². The first-order chi connectivity index (χ1) is 12.3. The Morgan fingerprint density at radius 3 is 2.96 bits per heavy atom. The van der Waals surface area contributed by atoms with Crippen molar-refractivity contribution in [2.24, 2.45) is 5.92 Å². The number of fused-ring (bicyclic) bond motifs is 1. The Morgan fingerprint density at radius 2 is 2.27 bits per heavy atom. The van der Waals surface area contributed by atoms with Crippen molar-refractivity contribution in [3.8, 4) is 0 Å². The van der Waals surface area contributed by atoms with Gasteiger partial charge in [-0.25, -0.2) is 4.68 Å². The molecule has 0 N–H and O–H groups in total. The fourth-order valence-corrected chi connectivity index (χ4v) is 5.30. The Kier molecular flexibility index (Phi) is 5.07. The van der Waals surface area contributed by atoms with Gasteiger partial charge in [0.05, 0.1) is 24.6 Å². The third-order valence-electron chi connectivity index (χ3n) is 5.05. The van der Waals surface area contributed by atoms with Crippen LogP contribution < -0.4 is 0 Å². The lowest BCUT2D eigenvalue weighted by Crippen LogP contribution is -2.19. The Balaban J connectivity index is 1.62. The molecule has 1 aliphatic heterocycles. The molecule has 2 aromatic rings. The van der Waals surface area contributed by atoms with Gasteiger partial charge in [0.25, 0.3) is 10.1 Å². The van der Waals surface area contributed by atoms with Crippen molar-refractivity contribution in [2.75, 3.05) is 19.5 Å². The van der Waals surface area contributed by atoms with Crippen molar-refractivity contribution in [1.82, 2.24) is 9.78 Å². The molecule has 2 aliphatic rings. The molecule has 0 amide bonds. The molecule has 0 radical (unpaired) electrons. The molecule has 2 heterocycles. The van der Waals surface area contributed by atoms with Crippen LogP contribution in [0.3, 0.4) is 0 Å². The van der Waals surface area contributed by atoms with Crippen molar-refractivity contribution in [2.45, 2.75) is 37.8 Å². The van der Waals surface area contributed by atoms with Gasteiger partial charge in [-0.05, 0) is 65.1 Å². The molecule has 6 nitrogen and oxygen atoms in total. The van der Waals surface area contributed by atoms with Crippen LogP contribution in [0.15, 0.2) is 16.7 Å². The molecule has 3 atom stereocenters. The molecule has 26 heavy (non-hydrogen) atoms. The summed E-state index contributed by atoms with van der Waals surface area (Å²) in [5, 5.41) is 6.18. The molecule has 0 spiro atoms. The molecule has 9 heteroatoms. The molecular weight excluding hydrogens is 444 g/mol. The normalized spacial score (nSPS) is 26.3. The molecular formula is C17H20BrClN2O4S. The van der Waals surface area contributed by atoms with Crippen LogP contribution >= 0.6 is 27.5 Å². The van der Waals surface area contributed by atoms with E-state index >= 15 is 0 Å². The minimum Gasteiger partial charge on any atom is -0.356 e. The van der Waals surface area contributed by atoms with E-state index in [9.17, 15) is 8.42 Å². The summed E-state index contributed by atoms with van der Waals surface area (Å²) in [5.74, 6) is 0.352. The standard InChI is InChI=1S/C17H20BrClN2O4S/c1-26(22,23)25-9-10-6-11(10)16-13(19)7-14-12(17(16)18)8-20-21(14)15-4-2-3-5-24-15/h7-8,10-11,15H,2-6,9H2,1H3/t10-,11-,15?/m0/s1. The number of nitrogens with zero attached hydrogens (tertiary/aromatic N) is 2.